The zero-order valence-electron chi connectivity index (χ0n) is 13.1. The molecule has 0 bridgehead atoms. The van der Waals surface area contributed by atoms with E-state index in [1.807, 2.05) is 26.8 Å². The molecule has 1 aromatic rings. The number of hydrogen-bond donors (Lipinski definition) is 2. The molecule has 2 N–H and O–H groups in total. The van der Waals surface area contributed by atoms with E-state index in [0.717, 1.165) is 5.56 Å². The van der Waals surface area contributed by atoms with E-state index < -0.39 is 9.75 Å². The van der Waals surface area contributed by atoms with Gasteiger partial charge in [0.15, 0.2) is 0 Å². The number of carbonyl (C=O) groups is 2. The second-order valence-electron chi connectivity index (χ2n) is 6.34. The van der Waals surface area contributed by atoms with Crippen LogP contribution in [0.2, 0.25) is 0 Å². The van der Waals surface area contributed by atoms with Crippen LogP contribution >= 0.6 is 23.2 Å². The molecule has 4 nitrogen and oxygen atoms in total. The van der Waals surface area contributed by atoms with E-state index in [9.17, 15) is 9.59 Å². The van der Waals surface area contributed by atoms with Gasteiger partial charge in [-0.2, -0.15) is 0 Å². The van der Waals surface area contributed by atoms with Gasteiger partial charge in [0.25, 0.3) is 0 Å². The van der Waals surface area contributed by atoms with Crippen LogP contribution in [0.15, 0.2) is 18.2 Å². The Bertz CT molecular complexity index is 629. The van der Waals surface area contributed by atoms with Crippen molar-refractivity contribution < 1.29 is 9.59 Å². The SMILES string of the molecule is Cc1ccc(NC(=O)C(C)C)cc1NC(=O)[C@@]1(C)CC1(Cl)Cl. The Kier molecular flexibility index (Phi) is 4.46. The molecule has 0 aromatic heterocycles. The molecule has 1 aromatic carbocycles. The first-order chi connectivity index (χ1) is 10.1. The summed E-state index contributed by atoms with van der Waals surface area (Å²) >= 11 is 12.1. The number of halogens is 2. The second-order valence-corrected chi connectivity index (χ2v) is 7.83. The number of anilines is 2. The van der Waals surface area contributed by atoms with Crippen molar-refractivity contribution in [3.63, 3.8) is 0 Å². The molecule has 1 aliphatic carbocycles. The highest BCUT2D eigenvalue weighted by Crippen LogP contribution is 2.64. The molecule has 6 heteroatoms. The van der Waals surface area contributed by atoms with Gasteiger partial charge in [0.05, 0.1) is 5.41 Å². The van der Waals surface area contributed by atoms with Gasteiger partial charge in [-0.3, -0.25) is 9.59 Å². The molecule has 2 amide bonds. The topological polar surface area (TPSA) is 58.2 Å². The zero-order chi connectivity index (χ0) is 16.7. The van der Waals surface area contributed by atoms with Crippen LogP contribution in [0.3, 0.4) is 0 Å². The molecule has 0 spiro atoms. The average Bonchev–Trinajstić information content (AvgIpc) is 2.93. The van der Waals surface area contributed by atoms with Crippen molar-refractivity contribution in [1.82, 2.24) is 0 Å². The standard InChI is InChI=1S/C16H20Cl2N2O2/c1-9(2)13(21)19-11-6-5-10(3)12(7-11)20-14(22)15(4)8-16(15,17)18/h5-7,9H,8H2,1-4H3,(H,19,21)(H,20,22)/t15-/m1/s1. The molecule has 0 aliphatic heterocycles. The lowest BCUT2D eigenvalue weighted by atomic mass is 10.1. The summed E-state index contributed by atoms with van der Waals surface area (Å²) in [6.45, 7) is 7.26. The Morgan fingerprint density at radius 3 is 2.32 bits per heavy atom. The number of nitrogens with one attached hydrogen (secondary N) is 2. The normalized spacial score (nSPS) is 22.3. The maximum Gasteiger partial charge on any atom is 0.233 e. The Balaban J connectivity index is 2.14. The van der Waals surface area contributed by atoms with Crippen molar-refractivity contribution in [2.75, 3.05) is 10.6 Å². The quantitative estimate of drug-likeness (QED) is 0.808. The Morgan fingerprint density at radius 2 is 1.82 bits per heavy atom. The fourth-order valence-electron chi connectivity index (χ4n) is 2.03. The van der Waals surface area contributed by atoms with Gasteiger partial charge in [-0.15, -0.1) is 23.2 Å². The van der Waals surface area contributed by atoms with Crippen molar-refractivity contribution in [1.29, 1.82) is 0 Å². The summed E-state index contributed by atoms with van der Waals surface area (Å²) in [5.74, 6) is -0.401. The molecular formula is C16H20Cl2N2O2. The molecule has 1 aliphatic rings. The molecule has 1 atom stereocenters. The van der Waals surface area contributed by atoms with Crippen LogP contribution in [0.25, 0.3) is 0 Å². The third kappa shape index (κ3) is 3.23. The highest BCUT2D eigenvalue weighted by Gasteiger charge is 2.67. The van der Waals surface area contributed by atoms with Crippen LogP contribution in [0.1, 0.15) is 32.8 Å². The van der Waals surface area contributed by atoms with E-state index in [1.165, 1.54) is 0 Å². The number of amides is 2. The van der Waals surface area contributed by atoms with Gasteiger partial charge in [0, 0.05) is 17.3 Å². The Hall–Kier alpha value is -1.26. The van der Waals surface area contributed by atoms with Crippen LogP contribution in [-0.4, -0.2) is 16.1 Å². The maximum absolute atomic E-state index is 12.3. The number of carbonyl (C=O) groups excluding carboxylic acids is 2. The van der Waals surface area contributed by atoms with Gasteiger partial charge in [-0.1, -0.05) is 19.9 Å². The van der Waals surface area contributed by atoms with Crippen molar-refractivity contribution in [3.8, 4) is 0 Å². The minimum Gasteiger partial charge on any atom is -0.326 e. The largest absolute Gasteiger partial charge is 0.326 e. The molecule has 2 rings (SSSR count). The average molecular weight is 343 g/mol. The van der Waals surface area contributed by atoms with Crippen LogP contribution in [0, 0.1) is 18.3 Å². The molecule has 0 saturated heterocycles. The zero-order valence-corrected chi connectivity index (χ0v) is 14.6. The Labute approximate surface area is 140 Å². The van der Waals surface area contributed by atoms with Crippen LogP contribution < -0.4 is 10.6 Å². The lowest BCUT2D eigenvalue weighted by Crippen LogP contribution is -2.26. The molecule has 1 fully saturated rings. The number of aryl methyl sites for hydroxylation is 1. The number of benzene rings is 1. The first-order valence-electron chi connectivity index (χ1n) is 7.17. The Morgan fingerprint density at radius 1 is 1.23 bits per heavy atom. The van der Waals surface area contributed by atoms with E-state index in [2.05, 4.69) is 10.6 Å². The van der Waals surface area contributed by atoms with Gasteiger partial charge in [0.1, 0.15) is 4.33 Å². The van der Waals surface area contributed by atoms with Gasteiger partial charge in [-0.25, -0.2) is 0 Å². The lowest BCUT2D eigenvalue weighted by molar-refractivity contribution is -0.120. The molecular weight excluding hydrogens is 323 g/mol. The lowest BCUT2D eigenvalue weighted by Gasteiger charge is -2.16. The highest BCUT2D eigenvalue weighted by atomic mass is 35.5. The second kappa shape index (κ2) is 5.74. The molecule has 0 heterocycles. The number of rotatable bonds is 4. The van der Waals surface area contributed by atoms with Gasteiger partial charge < -0.3 is 10.6 Å². The minimum absolute atomic E-state index is 0.0733. The predicted molar refractivity (Wildman–Crippen MR) is 90.4 cm³/mol. The van der Waals surface area contributed by atoms with Crippen LogP contribution in [-0.2, 0) is 9.59 Å². The minimum atomic E-state index is -1.01. The summed E-state index contributed by atoms with van der Waals surface area (Å²) in [5.41, 5.74) is 1.40. The third-order valence-electron chi connectivity index (χ3n) is 4.04. The fraction of sp³-hybridized carbons (Fsp3) is 0.500. The summed E-state index contributed by atoms with van der Waals surface area (Å²) in [4.78, 5) is 24.1. The molecule has 120 valence electrons. The molecule has 0 unspecified atom stereocenters. The summed E-state index contributed by atoms with van der Waals surface area (Å²) < 4.78 is -1.01. The predicted octanol–water partition coefficient (Wildman–Crippen LogP) is 4.11. The third-order valence-corrected chi connectivity index (χ3v) is 5.14. The van der Waals surface area contributed by atoms with E-state index in [-0.39, 0.29) is 17.7 Å². The van der Waals surface area contributed by atoms with E-state index in [4.69, 9.17) is 23.2 Å². The van der Waals surface area contributed by atoms with E-state index in [1.54, 1.807) is 19.1 Å². The smallest absolute Gasteiger partial charge is 0.233 e. The van der Waals surface area contributed by atoms with Crippen molar-refractivity contribution in [2.45, 2.75) is 38.4 Å². The summed E-state index contributed by atoms with van der Waals surface area (Å²) in [7, 11) is 0. The first-order valence-corrected chi connectivity index (χ1v) is 7.93. The van der Waals surface area contributed by atoms with Crippen LogP contribution in [0.5, 0.6) is 0 Å². The summed E-state index contributed by atoms with van der Waals surface area (Å²) in [6.07, 6.45) is 0.428. The van der Waals surface area contributed by atoms with Crippen LogP contribution in [0.4, 0.5) is 11.4 Å². The van der Waals surface area contributed by atoms with E-state index in [0.29, 0.717) is 17.8 Å². The monoisotopic (exact) mass is 342 g/mol. The van der Waals surface area contributed by atoms with Crippen molar-refractivity contribution in [3.05, 3.63) is 23.8 Å². The van der Waals surface area contributed by atoms with Gasteiger partial charge >= 0.3 is 0 Å². The summed E-state index contributed by atoms with van der Waals surface area (Å²) in [5, 5.41) is 5.66. The van der Waals surface area contributed by atoms with Crippen molar-refractivity contribution >= 4 is 46.4 Å². The molecule has 0 radical (unpaired) electrons. The van der Waals surface area contributed by atoms with Gasteiger partial charge in [0.2, 0.25) is 11.8 Å². The van der Waals surface area contributed by atoms with Gasteiger partial charge in [-0.05, 0) is 38.0 Å². The molecule has 22 heavy (non-hydrogen) atoms. The van der Waals surface area contributed by atoms with E-state index >= 15 is 0 Å². The fourth-order valence-corrected chi connectivity index (χ4v) is 2.73. The first kappa shape index (κ1) is 17.1. The van der Waals surface area contributed by atoms with Crippen molar-refractivity contribution in [2.24, 2.45) is 11.3 Å². The number of alkyl halides is 2. The summed E-state index contributed by atoms with van der Waals surface area (Å²) in [6, 6.07) is 5.39. The highest BCUT2D eigenvalue weighted by molar-refractivity contribution is 6.53. The molecule has 1 saturated carbocycles. The maximum atomic E-state index is 12.3. The number of hydrogen-bond acceptors (Lipinski definition) is 2.